The van der Waals surface area contributed by atoms with Gasteiger partial charge in [0.15, 0.2) is 10.4 Å². The lowest BCUT2D eigenvalue weighted by Crippen LogP contribution is -2.47. The molecule has 7 nitrogen and oxygen atoms in total. The van der Waals surface area contributed by atoms with Gasteiger partial charge in [-0.25, -0.2) is 0 Å². The Hall–Kier alpha value is -2.66. The van der Waals surface area contributed by atoms with Crippen molar-refractivity contribution < 1.29 is 9.53 Å². The summed E-state index contributed by atoms with van der Waals surface area (Å²) in [6, 6.07) is 8.67. The van der Waals surface area contributed by atoms with Gasteiger partial charge in [-0.05, 0) is 50.3 Å². The number of ether oxygens (including phenoxy) is 1. The van der Waals surface area contributed by atoms with Crippen LogP contribution in [-0.4, -0.2) is 32.8 Å². The van der Waals surface area contributed by atoms with Crippen LogP contribution in [-0.2, 0) is 18.3 Å². The van der Waals surface area contributed by atoms with E-state index in [0.29, 0.717) is 29.0 Å². The Kier molecular flexibility index (Phi) is 5.36. The van der Waals surface area contributed by atoms with Crippen molar-refractivity contribution >= 4 is 18.1 Å². The van der Waals surface area contributed by atoms with E-state index in [1.165, 1.54) is 0 Å². The van der Waals surface area contributed by atoms with Crippen LogP contribution in [0.1, 0.15) is 25.2 Å². The first-order chi connectivity index (χ1) is 11.3. The summed E-state index contributed by atoms with van der Waals surface area (Å²) in [5.74, 6) is 1.07. The number of carbonyl (C=O) groups excluding carboxylic acids is 1. The largest absolute Gasteiger partial charge is 0.478 e. The Bertz CT molecular complexity index is 814. The molecule has 2 N–H and O–H groups in total. The number of carbonyl (C=O) groups is 1. The van der Waals surface area contributed by atoms with Gasteiger partial charge in [0, 0.05) is 20.0 Å². The molecule has 0 saturated heterocycles. The van der Waals surface area contributed by atoms with Crippen LogP contribution in [0.25, 0.3) is 0 Å². The lowest BCUT2D eigenvalue weighted by molar-refractivity contribution is -0.134. The highest BCUT2D eigenvalue weighted by atomic mass is 32.1. The number of H-pyrrole nitrogens is 1. The van der Waals surface area contributed by atoms with Crippen LogP contribution in [0.15, 0.2) is 24.3 Å². The molecule has 0 saturated carbocycles. The van der Waals surface area contributed by atoms with Crippen molar-refractivity contribution in [1.29, 1.82) is 5.26 Å². The summed E-state index contributed by atoms with van der Waals surface area (Å²) >= 11 is 5.04. The number of nitriles is 1. The summed E-state index contributed by atoms with van der Waals surface area (Å²) in [6.45, 7) is 3.80. The van der Waals surface area contributed by atoms with Gasteiger partial charge in [0.05, 0.1) is 11.6 Å². The number of benzene rings is 1. The molecule has 0 aliphatic rings. The number of aromatic nitrogens is 3. The second kappa shape index (κ2) is 7.27. The fourth-order valence-corrected chi connectivity index (χ4v) is 2.19. The third kappa shape index (κ3) is 4.20. The summed E-state index contributed by atoms with van der Waals surface area (Å²) in [7, 11) is 1.82. The normalized spacial score (nSPS) is 10.9. The lowest BCUT2D eigenvalue weighted by atomic mass is 10.1. The second-order valence-corrected chi connectivity index (χ2v) is 6.15. The highest BCUT2D eigenvalue weighted by molar-refractivity contribution is 7.71. The molecular formula is C16H19N5O2S. The molecule has 1 heterocycles. The van der Waals surface area contributed by atoms with E-state index in [-0.39, 0.29) is 5.91 Å². The average molecular weight is 345 g/mol. The van der Waals surface area contributed by atoms with Crippen molar-refractivity contribution in [2.24, 2.45) is 7.05 Å². The zero-order valence-corrected chi connectivity index (χ0v) is 14.6. The Morgan fingerprint density at radius 1 is 1.46 bits per heavy atom. The topological polar surface area (TPSA) is 95.7 Å². The molecule has 1 aromatic heterocycles. The first-order valence-electron chi connectivity index (χ1n) is 7.41. The third-order valence-electron chi connectivity index (χ3n) is 3.51. The Morgan fingerprint density at radius 2 is 2.12 bits per heavy atom. The van der Waals surface area contributed by atoms with Gasteiger partial charge in [-0.2, -0.15) is 10.4 Å². The lowest BCUT2D eigenvalue weighted by Gasteiger charge is -2.25. The minimum atomic E-state index is -1.04. The van der Waals surface area contributed by atoms with Crippen molar-refractivity contribution in [3.8, 4) is 11.8 Å². The highest BCUT2D eigenvalue weighted by Crippen LogP contribution is 2.19. The molecule has 2 rings (SSSR count). The standard InChI is InChI=1S/C16H19N5O2S/c1-16(2,23-12-6-4-11(10-17)5-7-12)14(22)18-9-8-13-19-20-15(24)21(13)3/h4-7H,8-9H2,1-3H3,(H,18,22)(H,20,24). The molecule has 1 amide bonds. The summed E-state index contributed by atoms with van der Waals surface area (Å²) in [6.07, 6.45) is 0.558. The maximum atomic E-state index is 12.3. The molecule has 0 atom stereocenters. The first kappa shape index (κ1) is 17.7. The smallest absolute Gasteiger partial charge is 0.263 e. The van der Waals surface area contributed by atoms with Crippen molar-refractivity contribution in [2.75, 3.05) is 6.54 Å². The van der Waals surface area contributed by atoms with Crippen molar-refractivity contribution in [3.05, 3.63) is 40.4 Å². The van der Waals surface area contributed by atoms with Gasteiger partial charge in [0.25, 0.3) is 5.91 Å². The summed E-state index contributed by atoms with van der Waals surface area (Å²) < 4.78 is 8.03. The number of aromatic amines is 1. The molecule has 2 aromatic rings. The maximum Gasteiger partial charge on any atom is 0.263 e. The van der Waals surface area contributed by atoms with Crippen LogP contribution in [0.3, 0.4) is 0 Å². The van der Waals surface area contributed by atoms with Crippen LogP contribution < -0.4 is 10.1 Å². The molecule has 126 valence electrons. The molecule has 1 aromatic carbocycles. The number of hydrogen-bond donors (Lipinski definition) is 2. The molecule has 0 spiro atoms. The van der Waals surface area contributed by atoms with E-state index >= 15 is 0 Å². The fourth-order valence-electron chi connectivity index (χ4n) is 2.04. The van der Waals surface area contributed by atoms with Crippen LogP contribution in [0.4, 0.5) is 0 Å². The molecule has 8 heteroatoms. The zero-order chi connectivity index (χ0) is 17.7. The third-order valence-corrected chi connectivity index (χ3v) is 3.87. The quantitative estimate of drug-likeness (QED) is 0.779. The van der Waals surface area contributed by atoms with Crippen LogP contribution in [0, 0.1) is 16.1 Å². The second-order valence-electron chi connectivity index (χ2n) is 5.76. The number of rotatable bonds is 6. The summed E-state index contributed by atoms with van der Waals surface area (Å²) in [5.41, 5.74) is -0.497. The zero-order valence-electron chi connectivity index (χ0n) is 13.8. The van der Waals surface area contributed by atoms with E-state index < -0.39 is 5.60 Å². The van der Waals surface area contributed by atoms with Gasteiger partial charge in [-0.15, -0.1) is 0 Å². The van der Waals surface area contributed by atoms with Crippen molar-refractivity contribution in [1.82, 2.24) is 20.1 Å². The number of nitrogens with zero attached hydrogens (tertiary/aromatic N) is 3. The van der Waals surface area contributed by atoms with Crippen molar-refractivity contribution in [2.45, 2.75) is 25.9 Å². The predicted molar refractivity (Wildman–Crippen MR) is 91.0 cm³/mol. The molecule has 0 fully saturated rings. The number of amides is 1. The molecule has 0 aliphatic heterocycles. The monoisotopic (exact) mass is 345 g/mol. The molecule has 24 heavy (non-hydrogen) atoms. The van der Waals surface area contributed by atoms with E-state index in [1.54, 1.807) is 42.7 Å². The minimum absolute atomic E-state index is 0.233. The van der Waals surface area contributed by atoms with Crippen LogP contribution >= 0.6 is 12.2 Å². The maximum absolute atomic E-state index is 12.3. The summed E-state index contributed by atoms with van der Waals surface area (Å²) in [5, 5.41) is 18.4. The van der Waals surface area contributed by atoms with Crippen LogP contribution in [0.5, 0.6) is 5.75 Å². The number of nitrogens with one attached hydrogen (secondary N) is 2. The van der Waals surface area contributed by atoms with Gasteiger partial charge in [0.1, 0.15) is 11.6 Å². The van der Waals surface area contributed by atoms with E-state index in [1.807, 2.05) is 13.1 Å². The average Bonchev–Trinajstić information content (AvgIpc) is 2.87. The van der Waals surface area contributed by atoms with Crippen molar-refractivity contribution in [3.63, 3.8) is 0 Å². The van der Waals surface area contributed by atoms with Gasteiger partial charge >= 0.3 is 0 Å². The summed E-state index contributed by atoms with van der Waals surface area (Å²) in [4.78, 5) is 12.3. The highest BCUT2D eigenvalue weighted by Gasteiger charge is 2.29. The van der Waals surface area contributed by atoms with E-state index in [9.17, 15) is 4.79 Å². The Labute approximate surface area is 145 Å². The first-order valence-corrected chi connectivity index (χ1v) is 7.82. The minimum Gasteiger partial charge on any atom is -0.478 e. The fraction of sp³-hybridized carbons (Fsp3) is 0.375. The van der Waals surface area contributed by atoms with Gasteiger partial charge in [0.2, 0.25) is 0 Å². The predicted octanol–water partition coefficient (Wildman–Crippen LogP) is 1.87. The van der Waals surface area contributed by atoms with E-state index in [0.717, 1.165) is 5.82 Å². The molecule has 0 aliphatic carbocycles. The van der Waals surface area contributed by atoms with Crippen LogP contribution in [0.2, 0.25) is 0 Å². The number of hydrogen-bond acceptors (Lipinski definition) is 5. The Morgan fingerprint density at radius 3 is 2.67 bits per heavy atom. The van der Waals surface area contributed by atoms with Gasteiger partial charge in [-0.1, -0.05) is 0 Å². The van der Waals surface area contributed by atoms with Gasteiger partial charge < -0.3 is 14.6 Å². The molecule has 0 radical (unpaired) electrons. The van der Waals surface area contributed by atoms with E-state index in [2.05, 4.69) is 15.5 Å². The Balaban J connectivity index is 1.90. The molecule has 0 bridgehead atoms. The SMILES string of the molecule is Cn1c(CCNC(=O)C(C)(C)Oc2ccc(C#N)cc2)n[nH]c1=S. The molecular weight excluding hydrogens is 326 g/mol. The van der Waals surface area contributed by atoms with E-state index in [4.69, 9.17) is 22.2 Å². The van der Waals surface area contributed by atoms with Gasteiger partial charge in [-0.3, -0.25) is 9.89 Å². The molecule has 0 unspecified atom stereocenters.